The fourth-order valence-corrected chi connectivity index (χ4v) is 2.18. The number of ether oxygens (including phenoxy) is 2. The Hall–Kier alpha value is -0.610. The summed E-state index contributed by atoms with van der Waals surface area (Å²) in [5, 5.41) is 0. The van der Waals surface area contributed by atoms with E-state index in [4.69, 9.17) is 9.47 Å². The van der Waals surface area contributed by atoms with Crippen molar-refractivity contribution in [2.45, 2.75) is 32.5 Å². The van der Waals surface area contributed by atoms with Gasteiger partial charge < -0.3 is 14.4 Å². The summed E-state index contributed by atoms with van der Waals surface area (Å²) in [6.45, 7) is 6.82. The molecule has 4 heteroatoms. The number of carbonyl (C=O) groups is 1. The average Bonchev–Trinajstić information content (AvgIpc) is 2.76. The summed E-state index contributed by atoms with van der Waals surface area (Å²) >= 11 is 0. The molecule has 2 saturated heterocycles. The molecule has 2 rings (SSSR count). The van der Waals surface area contributed by atoms with Gasteiger partial charge in [0.2, 0.25) is 5.91 Å². The third-order valence-electron chi connectivity index (χ3n) is 2.94. The minimum Gasteiger partial charge on any atom is -0.346 e. The van der Waals surface area contributed by atoms with Crippen molar-refractivity contribution < 1.29 is 14.3 Å². The normalized spacial score (nSPS) is 24.3. The molecular weight excluding hydrogens is 194 g/mol. The van der Waals surface area contributed by atoms with Crippen LogP contribution in [0.1, 0.15) is 26.7 Å². The minimum absolute atomic E-state index is 0.223. The van der Waals surface area contributed by atoms with Crippen LogP contribution in [0.5, 0.6) is 0 Å². The summed E-state index contributed by atoms with van der Waals surface area (Å²) in [6.07, 6.45) is 1.44. The van der Waals surface area contributed by atoms with E-state index in [1.807, 2.05) is 4.90 Å². The van der Waals surface area contributed by atoms with Gasteiger partial charge in [-0.15, -0.1) is 0 Å². The third-order valence-corrected chi connectivity index (χ3v) is 2.94. The van der Waals surface area contributed by atoms with E-state index in [1.54, 1.807) is 0 Å². The molecular formula is C11H19NO3. The quantitative estimate of drug-likeness (QED) is 0.687. The molecule has 0 aromatic heterocycles. The predicted octanol–water partition coefficient (Wildman–Crippen LogP) is 1.01. The fraction of sp³-hybridized carbons (Fsp3) is 0.909. The first-order chi connectivity index (χ1) is 7.11. The van der Waals surface area contributed by atoms with E-state index in [0.717, 1.165) is 13.0 Å². The molecule has 2 aliphatic rings. The Balaban J connectivity index is 1.89. The first-order valence-electron chi connectivity index (χ1n) is 5.67. The molecule has 4 nitrogen and oxygen atoms in total. The maximum Gasteiger partial charge on any atom is 0.223 e. The van der Waals surface area contributed by atoms with Gasteiger partial charge >= 0.3 is 0 Å². The van der Waals surface area contributed by atoms with Crippen molar-refractivity contribution in [1.82, 2.24) is 4.90 Å². The smallest absolute Gasteiger partial charge is 0.223 e. The standard InChI is InChI=1S/C11H19NO3/c1-9(2)7-10(13)12-4-3-11(8-12)14-5-6-15-11/h9H,3-8H2,1-2H3. The number of amides is 1. The van der Waals surface area contributed by atoms with Crippen LogP contribution < -0.4 is 0 Å². The lowest BCUT2D eigenvalue weighted by molar-refractivity contribution is -0.152. The first kappa shape index (κ1) is 10.9. The van der Waals surface area contributed by atoms with Crippen LogP contribution in [0.3, 0.4) is 0 Å². The zero-order valence-electron chi connectivity index (χ0n) is 9.49. The van der Waals surface area contributed by atoms with Gasteiger partial charge in [0.15, 0.2) is 5.79 Å². The van der Waals surface area contributed by atoms with E-state index >= 15 is 0 Å². The summed E-state index contributed by atoms with van der Waals surface area (Å²) in [5.74, 6) is 0.174. The third kappa shape index (κ3) is 2.32. The molecule has 0 unspecified atom stereocenters. The van der Waals surface area contributed by atoms with E-state index in [1.165, 1.54) is 0 Å². The summed E-state index contributed by atoms with van der Waals surface area (Å²) in [4.78, 5) is 13.7. The topological polar surface area (TPSA) is 38.8 Å². The molecule has 2 aliphatic heterocycles. The van der Waals surface area contributed by atoms with Gasteiger partial charge in [0.05, 0.1) is 19.8 Å². The lowest BCUT2D eigenvalue weighted by atomic mass is 10.1. The van der Waals surface area contributed by atoms with Crippen molar-refractivity contribution in [3.8, 4) is 0 Å². The molecule has 86 valence electrons. The molecule has 0 aromatic carbocycles. The van der Waals surface area contributed by atoms with Crippen molar-refractivity contribution in [2.24, 2.45) is 5.92 Å². The van der Waals surface area contributed by atoms with Gasteiger partial charge in [0, 0.05) is 19.4 Å². The van der Waals surface area contributed by atoms with Gasteiger partial charge in [-0.05, 0) is 5.92 Å². The highest BCUT2D eigenvalue weighted by Crippen LogP contribution is 2.30. The molecule has 0 atom stereocenters. The van der Waals surface area contributed by atoms with E-state index in [-0.39, 0.29) is 5.91 Å². The molecule has 0 radical (unpaired) electrons. The first-order valence-corrected chi connectivity index (χ1v) is 5.67. The largest absolute Gasteiger partial charge is 0.346 e. The van der Waals surface area contributed by atoms with Gasteiger partial charge in [-0.25, -0.2) is 0 Å². The van der Waals surface area contributed by atoms with E-state index in [9.17, 15) is 4.79 Å². The SMILES string of the molecule is CC(C)CC(=O)N1CCC2(C1)OCCO2. The fourth-order valence-electron chi connectivity index (χ4n) is 2.18. The van der Waals surface area contributed by atoms with Gasteiger partial charge in [-0.1, -0.05) is 13.8 Å². The Morgan fingerprint density at radius 2 is 2.07 bits per heavy atom. The highest BCUT2D eigenvalue weighted by atomic mass is 16.7. The minimum atomic E-state index is -0.466. The predicted molar refractivity (Wildman–Crippen MR) is 55.3 cm³/mol. The molecule has 2 fully saturated rings. The molecule has 0 aromatic rings. The van der Waals surface area contributed by atoms with Gasteiger partial charge in [0.25, 0.3) is 0 Å². The van der Waals surface area contributed by atoms with Crippen LogP contribution in [0.25, 0.3) is 0 Å². The van der Waals surface area contributed by atoms with Crippen LogP contribution in [-0.2, 0) is 14.3 Å². The van der Waals surface area contributed by atoms with Gasteiger partial charge in [-0.2, -0.15) is 0 Å². The molecule has 0 aliphatic carbocycles. The molecule has 15 heavy (non-hydrogen) atoms. The number of nitrogens with zero attached hydrogens (tertiary/aromatic N) is 1. The van der Waals surface area contributed by atoms with E-state index < -0.39 is 5.79 Å². The van der Waals surface area contributed by atoms with Crippen LogP contribution in [-0.4, -0.2) is 42.9 Å². The van der Waals surface area contributed by atoms with Crippen LogP contribution in [0, 0.1) is 5.92 Å². The van der Waals surface area contributed by atoms with Crippen molar-refractivity contribution in [2.75, 3.05) is 26.3 Å². The number of rotatable bonds is 2. The second-order valence-corrected chi connectivity index (χ2v) is 4.77. The van der Waals surface area contributed by atoms with Crippen molar-refractivity contribution in [3.63, 3.8) is 0 Å². The Bertz CT molecular complexity index is 246. The van der Waals surface area contributed by atoms with Crippen LogP contribution in [0.4, 0.5) is 0 Å². The second kappa shape index (κ2) is 4.10. The zero-order chi connectivity index (χ0) is 10.9. The molecule has 1 amide bonds. The Morgan fingerprint density at radius 1 is 1.40 bits per heavy atom. The van der Waals surface area contributed by atoms with E-state index in [2.05, 4.69) is 13.8 Å². The number of hydrogen-bond donors (Lipinski definition) is 0. The van der Waals surface area contributed by atoms with Crippen molar-refractivity contribution in [1.29, 1.82) is 0 Å². The van der Waals surface area contributed by atoms with Crippen LogP contribution in [0.2, 0.25) is 0 Å². The Morgan fingerprint density at radius 3 is 2.67 bits per heavy atom. The molecule has 2 heterocycles. The second-order valence-electron chi connectivity index (χ2n) is 4.77. The average molecular weight is 213 g/mol. The van der Waals surface area contributed by atoms with Crippen molar-refractivity contribution >= 4 is 5.91 Å². The number of likely N-dealkylation sites (tertiary alicyclic amines) is 1. The van der Waals surface area contributed by atoms with Crippen LogP contribution >= 0.6 is 0 Å². The Labute approximate surface area is 90.5 Å². The zero-order valence-corrected chi connectivity index (χ0v) is 9.49. The van der Waals surface area contributed by atoms with Gasteiger partial charge in [0.1, 0.15) is 0 Å². The molecule has 0 saturated carbocycles. The molecule has 0 bridgehead atoms. The Kier molecular flexibility index (Phi) is 2.98. The van der Waals surface area contributed by atoms with Crippen molar-refractivity contribution in [3.05, 3.63) is 0 Å². The number of hydrogen-bond acceptors (Lipinski definition) is 3. The molecule has 1 spiro atoms. The highest BCUT2D eigenvalue weighted by molar-refractivity contribution is 5.76. The van der Waals surface area contributed by atoms with E-state index in [0.29, 0.717) is 32.1 Å². The number of carbonyl (C=O) groups excluding carboxylic acids is 1. The monoisotopic (exact) mass is 213 g/mol. The summed E-state index contributed by atoms with van der Waals surface area (Å²) in [5.41, 5.74) is 0. The maximum absolute atomic E-state index is 11.8. The lowest BCUT2D eigenvalue weighted by Gasteiger charge is -2.22. The van der Waals surface area contributed by atoms with Crippen LogP contribution in [0.15, 0.2) is 0 Å². The summed E-state index contributed by atoms with van der Waals surface area (Å²) in [7, 11) is 0. The maximum atomic E-state index is 11.8. The molecule has 0 N–H and O–H groups in total. The highest BCUT2D eigenvalue weighted by Gasteiger charge is 2.44. The lowest BCUT2D eigenvalue weighted by Crippen LogP contribution is -2.37. The summed E-state index contributed by atoms with van der Waals surface area (Å²) in [6, 6.07) is 0. The summed E-state index contributed by atoms with van der Waals surface area (Å²) < 4.78 is 11.1. The van der Waals surface area contributed by atoms with Gasteiger partial charge in [-0.3, -0.25) is 4.79 Å².